The molecule has 1 aliphatic heterocycles. The van der Waals surface area contributed by atoms with Gasteiger partial charge in [-0.1, -0.05) is 24.6 Å². The second-order valence-electron chi connectivity index (χ2n) is 6.17. The van der Waals surface area contributed by atoms with E-state index in [0.29, 0.717) is 13.1 Å². The van der Waals surface area contributed by atoms with Crippen LogP contribution in [0.5, 0.6) is 0 Å². The molecule has 5 heteroatoms. The predicted octanol–water partition coefficient (Wildman–Crippen LogP) is 2.32. The highest BCUT2D eigenvalue weighted by Gasteiger charge is 2.17. The third-order valence-corrected chi connectivity index (χ3v) is 4.30. The number of hydrogen-bond acceptors (Lipinski definition) is 3. The first-order chi connectivity index (χ1) is 11.2. The number of para-hydroxylation sites is 1. The van der Waals surface area contributed by atoms with Crippen molar-refractivity contribution in [2.75, 3.05) is 26.7 Å². The van der Waals surface area contributed by atoms with Gasteiger partial charge in [-0.25, -0.2) is 4.68 Å². The molecule has 1 fully saturated rings. The zero-order valence-corrected chi connectivity index (χ0v) is 13.7. The number of carbonyl (C=O) groups excluding carboxylic acids is 1. The number of carbonyl (C=O) groups is 1. The Balaban J connectivity index is 1.56. The lowest BCUT2D eigenvalue weighted by atomic mass is 10.1. The fourth-order valence-electron chi connectivity index (χ4n) is 2.93. The Hall–Kier alpha value is -2.14. The van der Waals surface area contributed by atoms with Crippen molar-refractivity contribution in [3.8, 4) is 5.69 Å². The lowest BCUT2D eigenvalue weighted by Crippen LogP contribution is -2.40. The van der Waals surface area contributed by atoms with E-state index in [1.54, 1.807) is 4.90 Å². The molecule has 122 valence electrons. The summed E-state index contributed by atoms with van der Waals surface area (Å²) in [6.07, 6.45) is 5.64. The van der Waals surface area contributed by atoms with Crippen LogP contribution in [0.4, 0.5) is 0 Å². The van der Waals surface area contributed by atoms with Crippen LogP contribution in [0.2, 0.25) is 0 Å². The number of hydrogen-bond donors (Lipinski definition) is 0. The molecule has 0 aliphatic carbocycles. The van der Waals surface area contributed by atoms with Crippen LogP contribution in [-0.2, 0) is 11.3 Å². The molecule has 0 saturated carbocycles. The SMILES string of the molecule is CN(Cc1ccn(-c2ccccc2)n1)C(=O)CN1CCCCC1. The highest BCUT2D eigenvalue weighted by atomic mass is 16.2. The molecule has 2 aromatic rings. The molecule has 0 spiro atoms. The molecule has 0 atom stereocenters. The largest absolute Gasteiger partial charge is 0.339 e. The number of benzene rings is 1. The highest BCUT2D eigenvalue weighted by molar-refractivity contribution is 5.77. The van der Waals surface area contributed by atoms with Gasteiger partial charge >= 0.3 is 0 Å². The van der Waals surface area contributed by atoms with Gasteiger partial charge in [0.05, 0.1) is 24.5 Å². The maximum absolute atomic E-state index is 12.3. The summed E-state index contributed by atoms with van der Waals surface area (Å²) in [4.78, 5) is 16.4. The number of likely N-dealkylation sites (tertiary alicyclic amines) is 1. The minimum atomic E-state index is 0.168. The monoisotopic (exact) mass is 312 g/mol. The van der Waals surface area contributed by atoms with Crippen molar-refractivity contribution in [2.45, 2.75) is 25.8 Å². The Morgan fingerprint density at radius 2 is 1.87 bits per heavy atom. The van der Waals surface area contributed by atoms with Gasteiger partial charge in [-0.15, -0.1) is 0 Å². The zero-order valence-electron chi connectivity index (χ0n) is 13.7. The number of piperidine rings is 1. The van der Waals surface area contributed by atoms with E-state index < -0.39 is 0 Å². The second kappa shape index (κ2) is 7.42. The quantitative estimate of drug-likeness (QED) is 0.851. The molecule has 1 amide bonds. The molecule has 1 saturated heterocycles. The van der Waals surface area contributed by atoms with Crippen molar-refractivity contribution < 1.29 is 4.79 Å². The summed E-state index contributed by atoms with van der Waals surface area (Å²) in [6, 6.07) is 12.0. The molecule has 1 aromatic carbocycles. The predicted molar refractivity (Wildman–Crippen MR) is 90.3 cm³/mol. The van der Waals surface area contributed by atoms with E-state index in [1.807, 2.05) is 54.3 Å². The average Bonchev–Trinajstić information content (AvgIpc) is 3.05. The van der Waals surface area contributed by atoms with Crippen molar-refractivity contribution in [1.82, 2.24) is 19.6 Å². The van der Waals surface area contributed by atoms with Crippen LogP contribution in [0.3, 0.4) is 0 Å². The molecule has 1 aliphatic rings. The van der Waals surface area contributed by atoms with Crippen molar-refractivity contribution in [2.24, 2.45) is 0 Å². The summed E-state index contributed by atoms with van der Waals surface area (Å²) >= 11 is 0. The van der Waals surface area contributed by atoms with Crippen LogP contribution in [0.25, 0.3) is 5.69 Å². The van der Waals surface area contributed by atoms with E-state index in [9.17, 15) is 4.79 Å². The third-order valence-electron chi connectivity index (χ3n) is 4.30. The molecule has 23 heavy (non-hydrogen) atoms. The van der Waals surface area contributed by atoms with Gasteiger partial charge in [0.25, 0.3) is 0 Å². The standard InChI is InChI=1S/C18H24N4O/c1-20(18(23)15-21-11-6-3-7-12-21)14-16-10-13-22(19-16)17-8-4-2-5-9-17/h2,4-5,8-10,13H,3,6-7,11-12,14-15H2,1H3. The molecule has 0 bridgehead atoms. The fourth-order valence-corrected chi connectivity index (χ4v) is 2.93. The average molecular weight is 312 g/mol. The molecular weight excluding hydrogens is 288 g/mol. The van der Waals surface area contributed by atoms with E-state index in [0.717, 1.165) is 24.5 Å². The number of aromatic nitrogens is 2. The number of likely N-dealkylation sites (N-methyl/N-ethyl adjacent to an activating group) is 1. The van der Waals surface area contributed by atoms with Crippen LogP contribution >= 0.6 is 0 Å². The summed E-state index contributed by atoms with van der Waals surface area (Å²) in [5.74, 6) is 0.168. The van der Waals surface area contributed by atoms with Crippen molar-refractivity contribution in [3.05, 3.63) is 48.3 Å². The first kappa shape index (κ1) is 15.7. The smallest absolute Gasteiger partial charge is 0.236 e. The van der Waals surface area contributed by atoms with Crippen LogP contribution in [0, 0.1) is 0 Å². The van der Waals surface area contributed by atoms with Gasteiger partial charge in [0.2, 0.25) is 5.91 Å². The fraction of sp³-hybridized carbons (Fsp3) is 0.444. The minimum Gasteiger partial charge on any atom is -0.339 e. The van der Waals surface area contributed by atoms with Crippen molar-refractivity contribution >= 4 is 5.91 Å². The first-order valence-electron chi connectivity index (χ1n) is 8.29. The summed E-state index contributed by atoms with van der Waals surface area (Å²) in [5, 5.41) is 4.56. The van der Waals surface area contributed by atoms with E-state index in [1.165, 1.54) is 19.3 Å². The normalized spacial score (nSPS) is 15.5. The first-order valence-corrected chi connectivity index (χ1v) is 8.29. The van der Waals surface area contributed by atoms with Gasteiger partial charge in [0.1, 0.15) is 0 Å². The van der Waals surface area contributed by atoms with Gasteiger partial charge < -0.3 is 4.90 Å². The highest BCUT2D eigenvalue weighted by Crippen LogP contribution is 2.10. The van der Waals surface area contributed by atoms with Gasteiger partial charge in [-0.3, -0.25) is 9.69 Å². The summed E-state index contributed by atoms with van der Waals surface area (Å²) < 4.78 is 1.85. The molecular formula is C18H24N4O. The zero-order chi connectivity index (χ0) is 16.1. The van der Waals surface area contributed by atoms with Crippen LogP contribution in [0.15, 0.2) is 42.6 Å². The Morgan fingerprint density at radius 3 is 2.61 bits per heavy atom. The van der Waals surface area contributed by atoms with E-state index >= 15 is 0 Å². The van der Waals surface area contributed by atoms with Crippen molar-refractivity contribution in [1.29, 1.82) is 0 Å². The number of amides is 1. The van der Waals surface area contributed by atoms with E-state index in [4.69, 9.17) is 0 Å². The van der Waals surface area contributed by atoms with Gasteiger partial charge in [-0.05, 0) is 44.1 Å². The lowest BCUT2D eigenvalue weighted by Gasteiger charge is -2.27. The summed E-state index contributed by atoms with van der Waals surface area (Å²) in [6.45, 7) is 3.16. The molecule has 0 radical (unpaired) electrons. The Bertz CT molecular complexity index is 631. The van der Waals surface area contributed by atoms with Crippen molar-refractivity contribution in [3.63, 3.8) is 0 Å². The molecule has 1 aromatic heterocycles. The maximum Gasteiger partial charge on any atom is 0.236 e. The Morgan fingerprint density at radius 1 is 1.13 bits per heavy atom. The van der Waals surface area contributed by atoms with Gasteiger partial charge in [0, 0.05) is 13.2 Å². The maximum atomic E-state index is 12.3. The molecule has 5 nitrogen and oxygen atoms in total. The molecule has 3 rings (SSSR count). The van der Waals surface area contributed by atoms with Gasteiger partial charge in [-0.2, -0.15) is 5.10 Å². The van der Waals surface area contributed by atoms with Crippen LogP contribution < -0.4 is 0 Å². The number of nitrogens with zero attached hydrogens (tertiary/aromatic N) is 4. The molecule has 2 heterocycles. The summed E-state index contributed by atoms with van der Waals surface area (Å²) in [7, 11) is 1.85. The Labute approximate surface area is 137 Å². The lowest BCUT2D eigenvalue weighted by molar-refractivity contribution is -0.131. The minimum absolute atomic E-state index is 0.168. The van der Waals surface area contributed by atoms with Crippen LogP contribution in [0.1, 0.15) is 25.0 Å². The molecule has 0 N–H and O–H groups in total. The van der Waals surface area contributed by atoms with Gasteiger partial charge in [0.15, 0.2) is 0 Å². The second-order valence-corrected chi connectivity index (χ2v) is 6.17. The topological polar surface area (TPSA) is 41.4 Å². The van der Waals surface area contributed by atoms with E-state index in [-0.39, 0.29) is 5.91 Å². The summed E-state index contributed by atoms with van der Waals surface area (Å²) in [5.41, 5.74) is 1.93. The number of rotatable bonds is 5. The van der Waals surface area contributed by atoms with Crippen LogP contribution in [-0.4, -0.2) is 52.2 Å². The molecule has 0 unspecified atom stereocenters. The third kappa shape index (κ3) is 4.20. The Kier molecular flexibility index (Phi) is 5.08. The van der Waals surface area contributed by atoms with E-state index in [2.05, 4.69) is 10.00 Å².